The standard InChI is InChI=1S/C21H22N4OS/c26-21-19-17-5-1-2-6-18(17)27-20(19)22-14-25(21)23-13-15-7-9-16(10-8-15)24-11-3-4-12-24/h7-10,13-14H,1-6,11-12H2/b23-13-. The lowest BCUT2D eigenvalue weighted by Crippen LogP contribution is -2.18. The Morgan fingerprint density at radius 3 is 2.63 bits per heavy atom. The van der Waals surface area contributed by atoms with E-state index in [1.54, 1.807) is 23.9 Å². The molecule has 0 atom stereocenters. The lowest BCUT2D eigenvalue weighted by molar-refractivity contribution is 0.699. The molecule has 27 heavy (non-hydrogen) atoms. The maximum atomic E-state index is 12.9. The second-order valence-corrected chi connectivity index (χ2v) is 8.40. The molecule has 1 aromatic carbocycles. The maximum absolute atomic E-state index is 12.9. The molecule has 2 aromatic heterocycles. The van der Waals surface area contributed by atoms with Gasteiger partial charge < -0.3 is 4.90 Å². The molecule has 0 saturated carbocycles. The first-order valence-electron chi connectivity index (χ1n) is 9.71. The number of nitrogens with zero attached hydrogens (tertiary/aromatic N) is 4. The summed E-state index contributed by atoms with van der Waals surface area (Å²) in [5.74, 6) is 0. The van der Waals surface area contributed by atoms with Gasteiger partial charge >= 0.3 is 0 Å². The summed E-state index contributed by atoms with van der Waals surface area (Å²) >= 11 is 1.67. The number of hydrogen-bond donors (Lipinski definition) is 0. The predicted molar refractivity (Wildman–Crippen MR) is 111 cm³/mol. The summed E-state index contributed by atoms with van der Waals surface area (Å²) in [6, 6.07) is 8.37. The molecular formula is C21H22N4OS. The molecule has 138 valence electrons. The molecule has 6 heteroatoms. The van der Waals surface area contributed by atoms with Crippen molar-refractivity contribution in [2.75, 3.05) is 18.0 Å². The van der Waals surface area contributed by atoms with E-state index in [0.717, 1.165) is 48.1 Å². The van der Waals surface area contributed by atoms with E-state index in [1.165, 1.54) is 40.1 Å². The summed E-state index contributed by atoms with van der Waals surface area (Å²) in [5, 5.41) is 5.17. The van der Waals surface area contributed by atoms with Gasteiger partial charge in [-0.25, -0.2) is 4.98 Å². The summed E-state index contributed by atoms with van der Waals surface area (Å²) < 4.78 is 1.37. The Balaban J connectivity index is 1.44. The van der Waals surface area contributed by atoms with Crippen molar-refractivity contribution < 1.29 is 0 Å². The maximum Gasteiger partial charge on any atom is 0.282 e. The van der Waals surface area contributed by atoms with Crippen LogP contribution < -0.4 is 10.5 Å². The van der Waals surface area contributed by atoms with Gasteiger partial charge in [-0.05, 0) is 61.8 Å². The largest absolute Gasteiger partial charge is 0.372 e. The SMILES string of the molecule is O=c1c2c3c(sc2ncn1/N=C\c1ccc(N2CCCC2)cc1)CCCC3. The highest BCUT2D eigenvalue weighted by atomic mass is 32.1. The zero-order valence-corrected chi connectivity index (χ0v) is 16.0. The molecule has 2 aliphatic rings. The smallest absolute Gasteiger partial charge is 0.282 e. The van der Waals surface area contributed by atoms with Crippen molar-refractivity contribution in [2.45, 2.75) is 38.5 Å². The average molecular weight is 379 g/mol. The molecule has 1 saturated heterocycles. The van der Waals surface area contributed by atoms with Crippen molar-refractivity contribution in [1.82, 2.24) is 9.66 Å². The molecule has 1 fully saturated rings. The van der Waals surface area contributed by atoms with E-state index < -0.39 is 0 Å². The van der Waals surface area contributed by atoms with Gasteiger partial charge in [-0.2, -0.15) is 9.78 Å². The van der Waals surface area contributed by atoms with Gasteiger partial charge in [0.15, 0.2) is 0 Å². The number of aromatic nitrogens is 2. The van der Waals surface area contributed by atoms with Crippen LogP contribution in [0.5, 0.6) is 0 Å². The van der Waals surface area contributed by atoms with Gasteiger partial charge in [-0.1, -0.05) is 12.1 Å². The first-order chi connectivity index (χ1) is 13.3. The highest BCUT2D eigenvalue weighted by Gasteiger charge is 2.19. The first kappa shape index (κ1) is 16.7. The van der Waals surface area contributed by atoms with Crippen LogP contribution in [0.1, 0.15) is 41.7 Å². The molecule has 0 N–H and O–H groups in total. The molecule has 5 nitrogen and oxygen atoms in total. The fraction of sp³-hybridized carbons (Fsp3) is 0.381. The normalized spacial score (nSPS) is 17.1. The Morgan fingerprint density at radius 1 is 1.04 bits per heavy atom. The topological polar surface area (TPSA) is 50.5 Å². The van der Waals surface area contributed by atoms with Crippen LogP contribution in [-0.4, -0.2) is 29.0 Å². The van der Waals surface area contributed by atoms with Crippen molar-refractivity contribution in [1.29, 1.82) is 0 Å². The van der Waals surface area contributed by atoms with Crippen LogP contribution in [0, 0.1) is 0 Å². The zero-order valence-electron chi connectivity index (χ0n) is 15.2. The van der Waals surface area contributed by atoms with Crippen molar-refractivity contribution in [3.8, 4) is 0 Å². The van der Waals surface area contributed by atoms with Gasteiger partial charge in [0, 0.05) is 23.7 Å². The van der Waals surface area contributed by atoms with Gasteiger partial charge in [0.2, 0.25) is 0 Å². The molecule has 0 amide bonds. The van der Waals surface area contributed by atoms with Gasteiger partial charge in [0.1, 0.15) is 11.2 Å². The fourth-order valence-electron chi connectivity index (χ4n) is 4.09. The van der Waals surface area contributed by atoms with Crippen LogP contribution >= 0.6 is 11.3 Å². The van der Waals surface area contributed by atoms with Crippen LogP contribution in [-0.2, 0) is 12.8 Å². The highest BCUT2D eigenvalue weighted by Crippen LogP contribution is 2.33. The third kappa shape index (κ3) is 3.08. The molecule has 0 bridgehead atoms. The van der Waals surface area contributed by atoms with E-state index in [1.807, 2.05) is 0 Å². The minimum atomic E-state index is -0.0515. The van der Waals surface area contributed by atoms with Crippen LogP contribution in [0.25, 0.3) is 10.2 Å². The zero-order chi connectivity index (χ0) is 18.2. The molecule has 0 unspecified atom stereocenters. The van der Waals surface area contributed by atoms with Crippen LogP contribution in [0.15, 0.2) is 40.5 Å². The van der Waals surface area contributed by atoms with E-state index in [4.69, 9.17) is 0 Å². The van der Waals surface area contributed by atoms with Crippen molar-refractivity contribution >= 4 is 33.5 Å². The minimum absolute atomic E-state index is 0.0515. The van der Waals surface area contributed by atoms with E-state index in [9.17, 15) is 4.79 Å². The number of anilines is 1. The van der Waals surface area contributed by atoms with Gasteiger partial charge in [-0.15, -0.1) is 11.3 Å². The Kier molecular flexibility index (Phi) is 4.28. The molecule has 3 aromatic rings. The number of hydrogen-bond acceptors (Lipinski definition) is 5. The van der Waals surface area contributed by atoms with Crippen LogP contribution in [0.3, 0.4) is 0 Å². The van der Waals surface area contributed by atoms with Gasteiger partial charge in [-0.3, -0.25) is 4.79 Å². The summed E-state index contributed by atoms with van der Waals surface area (Å²) in [5.41, 5.74) is 3.40. The third-order valence-electron chi connectivity index (χ3n) is 5.55. The number of benzene rings is 1. The fourth-order valence-corrected chi connectivity index (χ4v) is 5.31. The average Bonchev–Trinajstić information content (AvgIpc) is 3.36. The van der Waals surface area contributed by atoms with Gasteiger partial charge in [0.05, 0.1) is 11.6 Å². The number of aryl methyl sites for hydroxylation is 2. The van der Waals surface area contributed by atoms with Gasteiger partial charge in [0.25, 0.3) is 5.56 Å². The summed E-state index contributed by atoms with van der Waals surface area (Å²) in [6.45, 7) is 2.28. The summed E-state index contributed by atoms with van der Waals surface area (Å²) in [6.07, 6.45) is 10.2. The number of rotatable bonds is 3. The molecule has 0 spiro atoms. The van der Waals surface area contributed by atoms with Crippen molar-refractivity contribution in [2.24, 2.45) is 5.10 Å². The monoisotopic (exact) mass is 378 g/mol. The Morgan fingerprint density at radius 2 is 1.81 bits per heavy atom. The molecule has 5 rings (SSSR count). The van der Waals surface area contributed by atoms with Crippen LogP contribution in [0.2, 0.25) is 0 Å². The first-order valence-corrected chi connectivity index (χ1v) is 10.5. The van der Waals surface area contributed by atoms with E-state index >= 15 is 0 Å². The Hall–Kier alpha value is -2.47. The highest BCUT2D eigenvalue weighted by molar-refractivity contribution is 7.18. The Labute approximate surface area is 162 Å². The minimum Gasteiger partial charge on any atom is -0.372 e. The molecule has 1 aliphatic carbocycles. The van der Waals surface area contributed by atoms with Crippen molar-refractivity contribution in [3.63, 3.8) is 0 Å². The number of thiophene rings is 1. The predicted octanol–water partition coefficient (Wildman–Crippen LogP) is 3.82. The van der Waals surface area contributed by atoms with E-state index in [-0.39, 0.29) is 5.56 Å². The lowest BCUT2D eigenvalue weighted by Gasteiger charge is -2.17. The molecular weight excluding hydrogens is 356 g/mol. The molecule has 1 aliphatic heterocycles. The second kappa shape index (κ2) is 6.93. The van der Waals surface area contributed by atoms with E-state index in [0.29, 0.717) is 0 Å². The van der Waals surface area contributed by atoms with Crippen molar-refractivity contribution in [3.05, 3.63) is 57.0 Å². The second-order valence-electron chi connectivity index (χ2n) is 7.32. The van der Waals surface area contributed by atoms with Crippen LogP contribution in [0.4, 0.5) is 5.69 Å². The summed E-state index contributed by atoms with van der Waals surface area (Å²) in [7, 11) is 0. The Bertz CT molecular complexity index is 1060. The number of fused-ring (bicyclic) bond motifs is 3. The quantitative estimate of drug-likeness (QED) is 0.651. The molecule has 3 heterocycles. The van der Waals surface area contributed by atoms with E-state index in [2.05, 4.69) is 39.3 Å². The summed E-state index contributed by atoms with van der Waals surface area (Å²) in [4.78, 5) is 22.0. The molecule has 0 radical (unpaired) electrons. The lowest BCUT2D eigenvalue weighted by atomic mass is 9.97. The third-order valence-corrected chi connectivity index (χ3v) is 6.75.